The van der Waals surface area contributed by atoms with E-state index in [-0.39, 0.29) is 23.4 Å². The summed E-state index contributed by atoms with van der Waals surface area (Å²) in [6.07, 6.45) is 6.54. The quantitative estimate of drug-likeness (QED) is 0.381. The first-order valence-corrected chi connectivity index (χ1v) is 11.7. The Morgan fingerprint density at radius 3 is 2.48 bits per heavy atom. The molecule has 1 unspecified atom stereocenters. The predicted octanol–water partition coefficient (Wildman–Crippen LogP) is 5.50. The van der Waals surface area contributed by atoms with Crippen molar-refractivity contribution in [1.29, 1.82) is 0 Å². The van der Waals surface area contributed by atoms with Gasteiger partial charge in [-0.2, -0.15) is 0 Å². The minimum Gasteiger partial charge on any atom is -0.427 e. The van der Waals surface area contributed by atoms with E-state index < -0.39 is 0 Å². The van der Waals surface area contributed by atoms with Crippen LogP contribution in [0.2, 0.25) is 0 Å². The molecule has 1 aliphatic heterocycles. The molecule has 2 fully saturated rings. The molecule has 0 spiro atoms. The fraction of sp³-hybridized carbons (Fsp3) is 0.360. The van der Waals surface area contributed by atoms with E-state index in [1.54, 1.807) is 23.9 Å². The molecule has 0 radical (unpaired) electrons. The van der Waals surface area contributed by atoms with Gasteiger partial charge in [-0.25, -0.2) is 0 Å². The molecule has 31 heavy (non-hydrogen) atoms. The van der Waals surface area contributed by atoms with Crippen LogP contribution in [0.5, 0.6) is 5.75 Å². The summed E-state index contributed by atoms with van der Waals surface area (Å²) in [6, 6.07) is 17.5. The molecule has 0 aromatic heterocycles. The normalized spacial score (nSPS) is 25.0. The lowest BCUT2D eigenvalue weighted by atomic mass is 9.85. The molecule has 1 N–H and O–H groups in total. The van der Waals surface area contributed by atoms with E-state index >= 15 is 0 Å². The van der Waals surface area contributed by atoms with Crippen LogP contribution in [0.1, 0.15) is 45.1 Å². The van der Waals surface area contributed by atoms with Gasteiger partial charge in [0.25, 0.3) is 5.91 Å². The molecular formula is C25H28N2O3S. The third kappa shape index (κ3) is 5.13. The van der Waals surface area contributed by atoms with E-state index in [1.165, 1.54) is 13.3 Å². The first kappa shape index (κ1) is 21.5. The Hall–Kier alpha value is -2.73. The molecule has 1 saturated carbocycles. The Balaban J connectivity index is 1.59. The molecule has 6 heteroatoms. The molecule has 1 aliphatic carbocycles. The minimum atomic E-state index is -0.347. The standard InChI is InChI=1S/C25H28N2O3S/c1-17-8-6-7-11-22(17)27-24(29)23(31-25(27)26-20-9-4-3-5-10-20)16-19-12-14-21(15-13-19)30-18(2)28/h3-5,9-10,12-17,22,25-26H,6-8,11H2,1-2H3/b23-16-/t17-,22-,25?/m0/s1. The van der Waals surface area contributed by atoms with Gasteiger partial charge in [0.2, 0.25) is 0 Å². The van der Waals surface area contributed by atoms with Gasteiger partial charge in [-0.3, -0.25) is 9.59 Å². The van der Waals surface area contributed by atoms with Gasteiger partial charge in [0.05, 0.1) is 4.91 Å². The molecule has 0 bridgehead atoms. The topological polar surface area (TPSA) is 58.6 Å². The number of benzene rings is 2. The summed E-state index contributed by atoms with van der Waals surface area (Å²) in [5.41, 5.74) is 1.78. The van der Waals surface area contributed by atoms with Gasteiger partial charge < -0.3 is 15.0 Å². The Morgan fingerprint density at radius 1 is 1.10 bits per heavy atom. The minimum absolute atomic E-state index is 0.0845. The summed E-state index contributed by atoms with van der Waals surface area (Å²) < 4.78 is 5.10. The molecule has 2 aromatic rings. The molecule has 1 amide bonds. The number of nitrogens with zero attached hydrogens (tertiary/aromatic N) is 1. The number of hydrogen-bond donors (Lipinski definition) is 1. The van der Waals surface area contributed by atoms with Crippen LogP contribution in [0.15, 0.2) is 59.5 Å². The molecule has 4 rings (SSSR count). The zero-order valence-electron chi connectivity index (χ0n) is 17.9. The third-order valence-corrected chi connectivity index (χ3v) is 6.98. The van der Waals surface area contributed by atoms with Crippen LogP contribution in [0.3, 0.4) is 0 Å². The Kier molecular flexibility index (Phi) is 6.66. The fourth-order valence-corrected chi connectivity index (χ4v) is 5.53. The van der Waals surface area contributed by atoms with Crippen molar-refractivity contribution in [2.45, 2.75) is 51.1 Å². The van der Waals surface area contributed by atoms with Crippen molar-refractivity contribution in [3.05, 3.63) is 65.1 Å². The SMILES string of the molecule is CC(=O)Oc1ccc(/C=C2\SC(Nc3ccccc3)N([C@H]3CCCC[C@@H]3C)C2=O)cc1. The highest BCUT2D eigenvalue weighted by Gasteiger charge is 2.42. The van der Waals surface area contributed by atoms with E-state index in [0.717, 1.165) is 35.4 Å². The molecular weight excluding hydrogens is 408 g/mol. The predicted molar refractivity (Wildman–Crippen MR) is 125 cm³/mol. The van der Waals surface area contributed by atoms with Crippen molar-refractivity contribution in [3.63, 3.8) is 0 Å². The Morgan fingerprint density at radius 2 is 1.81 bits per heavy atom. The maximum atomic E-state index is 13.5. The first-order valence-electron chi connectivity index (χ1n) is 10.8. The maximum Gasteiger partial charge on any atom is 0.308 e. The highest BCUT2D eigenvalue weighted by molar-refractivity contribution is 8.05. The van der Waals surface area contributed by atoms with E-state index in [0.29, 0.717) is 11.7 Å². The van der Waals surface area contributed by atoms with Crippen LogP contribution in [0.25, 0.3) is 6.08 Å². The average Bonchev–Trinajstić information content (AvgIpc) is 3.05. The van der Waals surface area contributed by atoms with Crippen molar-refractivity contribution >= 4 is 35.4 Å². The lowest BCUT2D eigenvalue weighted by Crippen LogP contribution is -2.48. The molecule has 2 aliphatic rings. The van der Waals surface area contributed by atoms with Crippen LogP contribution in [0, 0.1) is 5.92 Å². The summed E-state index contributed by atoms with van der Waals surface area (Å²) >= 11 is 1.57. The van der Waals surface area contributed by atoms with Crippen LogP contribution in [-0.4, -0.2) is 28.3 Å². The number of anilines is 1. The zero-order valence-corrected chi connectivity index (χ0v) is 18.7. The molecule has 1 saturated heterocycles. The second-order valence-corrected chi connectivity index (χ2v) is 9.32. The second-order valence-electron chi connectivity index (χ2n) is 8.19. The van der Waals surface area contributed by atoms with Crippen LogP contribution in [0.4, 0.5) is 5.69 Å². The smallest absolute Gasteiger partial charge is 0.308 e. The highest BCUT2D eigenvalue weighted by Crippen LogP contribution is 2.42. The molecule has 3 atom stereocenters. The van der Waals surface area contributed by atoms with Gasteiger partial charge in [0.1, 0.15) is 5.75 Å². The van der Waals surface area contributed by atoms with Gasteiger partial charge in [0.15, 0.2) is 5.50 Å². The average molecular weight is 437 g/mol. The Bertz CT molecular complexity index is 958. The second kappa shape index (κ2) is 9.60. The van der Waals surface area contributed by atoms with Gasteiger partial charge in [0, 0.05) is 18.7 Å². The van der Waals surface area contributed by atoms with Crippen molar-refractivity contribution < 1.29 is 14.3 Å². The summed E-state index contributed by atoms with van der Waals surface area (Å²) in [7, 11) is 0. The number of carbonyl (C=O) groups excluding carboxylic acids is 2. The van der Waals surface area contributed by atoms with Crippen molar-refractivity contribution in [2.24, 2.45) is 5.92 Å². The van der Waals surface area contributed by atoms with Crippen LogP contribution < -0.4 is 10.1 Å². The number of esters is 1. The number of nitrogens with one attached hydrogen (secondary N) is 1. The number of ether oxygens (including phenoxy) is 1. The molecule has 2 aromatic carbocycles. The van der Waals surface area contributed by atoms with Gasteiger partial charge in [-0.15, -0.1) is 0 Å². The summed E-state index contributed by atoms with van der Waals surface area (Å²) in [6.45, 7) is 3.64. The molecule has 162 valence electrons. The van der Waals surface area contributed by atoms with E-state index in [2.05, 4.69) is 17.1 Å². The zero-order chi connectivity index (χ0) is 21.8. The number of carbonyl (C=O) groups is 2. The lowest BCUT2D eigenvalue weighted by Gasteiger charge is -2.39. The maximum absolute atomic E-state index is 13.5. The third-order valence-electron chi connectivity index (χ3n) is 5.86. The number of rotatable bonds is 5. The van der Waals surface area contributed by atoms with Gasteiger partial charge >= 0.3 is 5.97 Å². The summed E-state index contributed by atoms with van der Waals surface area (Å²) in [4.78, 5) is 27.4. The Labute approximate surface area is 187 Å². The summed E-state index contributed by atoms with van der Waals surface area (Å²) in [5.74, 6) is 0.725. The van der Waals surface area contributed by atoms with Gasteiger partial charge in [-0.1, -0.05) is 61.9 Å². The number of amides is 1. The van der Waals surface area contributed by atoms with E-state index in [4.69, 9.17) is 4.74 Å². The number of thioether (sulfide) groups is 1. The summed E-state index contributed by atoms with van der Waals surface area (Å²) in [5, 5.41) is 3.56. The van der Waals surface area contributed by atoms with Crippen molar-refractivity contribution in [1.82, 2.24) is 4.90 Å². The highest BCUT2D eigenvalue weighted by atomic mass is 32.2. The largest absolute Gasteiger partial charge is 0.427 e. The van der Waals surface area contributed by atoms with E-state index in [9.17, 15) is 9.59 Å². The number of para-hydroxylation sites is 1. The van der Waals surface area contributed by atoms with E-state index in [1.807, 2.05) is 48.5 Å². The monoisotopic (exact) mass is 436 g/mol. The first-order chi connectivity index (χ1) is 15.0. The van der Waals surface area contributed by atoms with Crippen LogP contribution >= 0.6 is 11.8 Å². The lowest BCUT2D eigenvalue weighted by molar-refractivity contribution is -0.132. The fourth-order valence-electron chi connectivity index (χ4n) is 4.32. The van der Waals surface area contributed by atoms with Crippen molar-refractivity contribution in [2.75, 3.05) is 5.32 Å². The van der Waals surface area contributed by atoms with Crippen molar-refractivity contribution in [3.8, 4) is 5.75 Å². The molecule has 1 heterocycles. The van der Waals surface area contributed by atoms with Crippen LogP contribution in [-0.2, 0) is 9.59 Å². The van der Waals surface area contributed by atoms with Gasteiger partial charge in [-0.05, 0) is 54.7 Å². The molecule has 5 nitrogen and oxygen atoms in total. The number of hydrogen-bond acceptors (Lipinski definition) is 5.